The molecule has 2 unspecified atom stereocenters. The van der Waals surface area contributed by atoms with Gasteiger partial charge < -0.3 is 20.1 Å². The number of carbonyl (C=O) groups excluding carboxylic acids is 1. The number of urea groups is 1. The number of nitrogens with one attached hydrogen (secondary N) is 1. The number of carboxylic acid groups (broad SMARTS) is 1. The van der Waals surface area contributed by atoms with E-state index in [0.29, 0.717) is 26.2 Å². The maximum Gasteiger partial charge on any atom is 0.318 e. The van der Waals surface area contributed by atoms with E-state index in [4.69, 9.17) is 9.84 Å². The van der Waals surface area contributed by atoms with E-state index in [1.54, 1.807) is 16.8 Å². The molecule has 2 rings (SSSR count). The van der Waals surface area contributed by atoms with Crippen LogP contribution in [0.15, 0.2) is 24.3 Å². The van der Waals surface area contributed by atoms with E-state index in [9.17, 15) is 9.59 Å². The minimum absolute atomic E-state index is 0.0502. The highest BCUT2D eigenvalue weighted by Gasteiger charge is 2.32. The maximum absolute atomic E-state index is 13.0. The predicted octanol–water partition coefficient (Wildman–Crippen LogP) is 2.51. The van der Waals surface area contributed by atoms with E-state index in [-0.39, 0.29) is 30.1 Å². The lowest BCUT2D eigenvalue weighted by molar-refractivity contribution is -0.138. The average molecular weight is 392 g/mol. The monoisotopic (exact) mass is 391 g/mol. The van der Waals surface area contributed by atoms with Crippen LogP contribution in [0.5, 0.6) is 0 Å². The lowest BCUT2D eigenvalue weighted by Gasteiger charge is -2.38. The number of hydrogen-bond acceptors (Lipinski definition) is 4. The molecule has 2 N–H and O–H groups in total. The second-order valence-electron chi connectivity index (χ2n) is 8.63. The summed E-state index contributed by atoms with van der Waals surface area (Å²) in [5.41, 5.74) is 2.13. The first-order valence-electron chi connectivity index (χ1n) is 9.71. The minimum Gasteiger partial charge on any atom is -0.480 e. The van der Waals surface area contributed by atoms with Gasteiger partial charge in [0.1, 0.15) is 0 Å². The molecule has 1 fully saturated rings. The number of amides is 2. The Morgan fingerprint density at radius 3 is 2.64 bits per heavy atom. The highest BCUT2D eigenvalue weighted by atomic mass is 16.5. The van der Waals surface area contributed by atoms with Crippen molar-refractivity contribution in [3.63, 3.8) is 0 Å². The first kappa shape index (κ1) is 22.2. The van der Waals surface area contributed by atoms with Crippen LogP contribution in [-0.4, -0.2) is 72.8 Å². The van der Waals surface area contributed by atoms with Crippen molar-refractivity contribution in [1.82, 2.24) is 15.1 Å². The van der Waals surface area contributed by atoms with Crippen LogP contribution in [0.4, 0.5) is 4.79 Å². The van der Waals surface area contributed by atoms with Gasteiger partial charge in [-0.3, -0.25) is 9.69 Å². The van der Waals surface area contributed by atoms with Crippen molar-refractivity contribution >= 4 is 12.0 Å². The standard InChI is InChI=1S/C21H33N3O4/c1-15-8-6-7-9-17(15)19(21(2,3)4)22-20(27)24-10-11-28-16(13-24)12-23(5)14-18(25)26/h6-9,16,19H,10-14H2,1-5H3,(H,22,27)(H,25,26). The predicted molar refractivity (Wildman–Crippen MR) is 108 cm³/mol. The van der Waals surface area contributed by atoms with E-state index in [2.05, 4.69) is 45.1 Å². The van der Waals surface area contributed by atoms with Crippen LogP contribution in [-0.2, 0) is 9.53 Å². The van der Waals surface area contributed by atoms with Crippen LogP contribution >= 0.6 is 0 Å². The molecule has 7 heteroatoms. The van der Waals surface area contributed by atoms with Gasteiger partial charge in [-0.1, -0.05) is 45.0 Å². The number of aliphatic carboxylic acids is 1. The van der Waals surface area contributed by atoms with Crippen LogP contribution in [0, 0.1) is 12.3 Å². The SMILES string of the molecule is Cc1ccccc1C(NC(=O)N1CCOC(CN(C)CC(=O)O)C1)C(C)(C)C. The minimum atomic E-state index is -0.876. The zero-order chi connectivity index (χ0) is 20.9. The summed E-state index contributed by atoms with van der Waals surface area (Å²) < 4.78 is 5.73. The molecule has 0 bridgehead atoms. The third kappa shape index (κ3) is 6.21. The van der Waals surface area contributed by atoms with E-state index in [1.807, 2.05) is 12.1 Å². The molecule has 1 aliphatic rings. The average Bonchev–Trinajstić information content (AvgIpc) is 2.58. The lowest BCUT2D eigenvalue weighted by Crippen LogP contribution is -2.53. The Balaban J connectivity index is 2.05. The number of carbonyl (C=O) groups is 2. The molecule has 1 heterocycles. The van der Waals surface area contributed by atoms with Gasteiger partial charge >= 0.3 is 12.0 Å². The zero-order valence-corrected chi connectivity index (χ0v) is 17.6. The van der Waals surface area contributed by atoms with Crippen LogP contribution in [0.3, 0.4) is 0 Å². The summed E-state index contributed by atoms with van der Waals surface area (Å²) in [6.07, 6.45) is -0.199. The van der Waals surface area contributed by atoms with Crippen molar-refractivity contribution < 1.29 is 19.4 Å². The second-order valence-corrected chi connectivity index (χ2v) is 8.63. The third-order valence-electron chi connectivity index (χ3n) is 4.98. The number of hydrogen-bond donors (Lipinski definition) is 2. The molecule has 0 aromatic heterocycles. The number of carboxylic acids is 1. The number of rotatable bonds is 6. The van der Waals surface area contributed by atoms with Gasteiger partial charge in [-0.25, -0.2) is 4.79 Å². The van der Waals surface area contributed by atoms with E-state index in [1.165, 1.54) is 0 Å². The number of benzene rings is 1. The van der Waals surface area contributed by atoms with Crippen molar-refractivity contribution in [2.24, 2.45) is 5.41 Å². The highest BCUT2D eigenvalue weighted by molar-refractivity contribution is 5.75. The topological polar surface area (TPSA) is 82.1 Å². The number of likely N-dealkylation sites (N-methyl/N-ethyl adjacent to an activating group) is 1. The molecule has 1 saturated heterocycles. The first-order chi connectivity index (χ1) is 13.1. The molecule has 1 aromatic carbocycles. The molecule has 156 valence electrons. The summed E-state index contributed by atoms with van der Waals surface area (Å²) in [7, 11) is 1.74. The van der Waals surface area contributed by atoms with Gasteiger partial charge in [-0.2, -0.15) is 0 Å². The smallest absolute Gasteiger partial charge is 0.318 e. The summed E-state index contributed by atoms with van der Waals surface area (Å²) in [5, 5.41) is 12.1. The number of morpholine rings is 1. The van der Waals surface area contributed by atoms with E-state index < -0.39 is 5.97 Å². The Morgan fingerprint density at radius 2 is 2.04 bits per heavy atom. The van der Waals surface area contributed by atoms with E-state index >= 15 is 0 Å². The third-order valence-corrected chi connectivity index (χ3v) is 4.98. The normalized spacial score (nSPS) is 18.8. The molecule has 0 spiro atoms. The van der Waals surface area contributed by atoms with Crippen molar-refractivity contribution in [1.29, 1.82) is 0 Å². The fourth-order valence-corrected chi connectivity index (χ4v) is 3.54. The lowest BCUT2D eigenvalue weighted by atomic mass is 9.81. The summed E-state index contributed by atoms with van der Waals surface area (Å²) >= 11 is 0. The molecule has 28 heavy (non-hydrogen) atoms. The summed E-state index contributed by atoms with van der Waals surface area (Å²) in [4.78, 5) is 27.3. The van der Waals surface area contributed by atoms with Crippen LogP contribution in [0.1, 0.15) is 37.9 Å². The molecule has 1 aromatic rings. The molecule has 0 radical (unpaired) electrons. The van der Waals surface area contributed by atoms with Crippen molar-refractivity contribution in [3.05, 3.63) is 35.4 Å². The van der Waals surface area contributed by atoms with Gasteiger partial charge in [-0.05, 0) is 30.5 Å². The largest absolute Gasteiger partial charge is 0.480 e. The van der Waals surface area contributed by atoms with Gasteiger partial charge in [0, 0.05) is 19.6 Å². The molecular formula is C21H33N3O4. The quantitative estimate of drug-likeness (QED) is 0.779. The number of nitrogens with zero attached hydrogens (tertiary/aromatic N) is 2. The second kappa shape index (κ2) is 9.39. The number of aryl methyl sites for hydroxylation is 1. The fraction of sp³-hybridized carbons (Fsp3) is 0.619. The molecular weight excluding hydrogens is 358 g/mol. The van der Waals surface area contributed by atoms with Crippen molar-refractivity contribution in [2.75, 3.05) is 39.8 Å². The van der Waals surface area contributed by atoms with Crippen molar-refractivity contribution in [2.45, 2.75) is 39.8 Å². The van der Waals surface area contributed by atoms with Crippen LogP contribution < -0.4 is 5.32 Å². The summed E-state index contributed by atoms with van der Waals surface area (Å²) in [6.45, 7) is 10.2. The summed E-state index contributed by atoms with van der Waals surface area (Å²) in [5.74, 6) is -0.876. The molecule has 2 amide bonds. The Morgan fingerprint density at radius 1 is 1.36 bits per heavy atom. The van der Waals surface area contributed by atoms with Crippen molar-refractivity contribution in [3.8, 4) is 0 Å². The van der Waals surface area contributed by atoms with E-state index in [0.717, 1.165) is 11.1 Å². The molecule has 0 saturated carbocycles. The Hall–Kier alpha value is -2.12. The summed E-state index contributed by atoms with van der Waals surface area (Å²) in [6, 6.07) is 7.89. The molecule has 7 nitrogen and oxygen atoms in total. The first-order valence-corrected chi connectivity index (χ1v) is 9.71. The number of ether oxygens (including phenoxy) is 1. The fourth-order valence-electron chi connectivity index (χ4n) is 3.54. The van der Waals surface area contributed by atoms with Gasteiger partial charge in [0.15, 0.2) is 0 Å². The Labute approximate surface area is 167 Å². The van der Waals surface area contributed by atoms with Gasteiger partial charge in [0.25, 0.3) is 0 Å². The Bertz CT molecular complexity index is 686. The highest BCUT2D eigenvalue weighted by Crippen LogP contribution is 2.34. The maximum atomic E-state index is 13.0. The van der Waals surface area contributed by atoms with Crippen LogP contribution in [0.2, 0.25) is 0 Å². The zero-order valence-electron chi connectivity index (χ0n) is 17.6. The van der Waals surface area contributed by atoms with Gasteiger partial charge in [0.2, 0.25) is 0 Å². The van der Waals surface area contributed by atoms with Gasteiger partial charge in [-0.15, -0.1) is 0 Å². The Kier molecular flexibility index (Phi) is 7.43. The van der Waals surface area contributed by atoms with Crippen LogP contribution in [0.25, 0.3) is 0 Å². The molecule has 2 atom stereocenters. The molecule has 0 aliphatic carbocycles. The molecule has 1 aliphatic heterocycles. The van der Waals surface area contributed by atoms with Gasteiger partial charge in [0.05, 0.1) is 25.3 Å².